The Kier molecular flexibility index (Phi) is 2.33. The molecular weight excluding hydrogens is 116 g/mol. The molecule has 1 heterocycles. The van der Waals surface area contributed by atoms with Gasteiger partial charge in [-0.05, 0) is 13.0 Å². The van der Waals surface area contributed by atoms with Crippen LogP contribution in [0.4, 0.5) is 0 Å². The minimum atomic E-state index is 0.406. The molecule has 2 nitrogen and oxygen atoms in total. The van der Waals surface area contributed by atoms with Crippen LogP contribution in [0.3, 0.4) is 0 Å². The second-order valence-electron chi connectivity index (χ2n) is 1.77. The number of hydrogen-bond donors (Lipinski definition) is 0. The number of rotatable bonds is 1. The molecule has 1 aliphatic heterocycles. The lowest BCUT2D eigenvalue weighted by Crippen LogP contribution is -1.79. The maximum atomic E-state index is 5.04. The lowest BCUT2D eigenvalue weighted by molar-refractivity contribution is 0.0800. The van der Waals surface area contributed by atoms with Crippen molar-refractivity contribution in [3.05, 3.63) is 24.0 Å². The van der Waals surface area contributed by atoms with Crippen molar-refractivity contribution in [2.45, 2.75) is 6.92 Å². The lowest BCUT2D eigenvalue weighted by atomic mass is 10.4. The molecule has 0 amide bonds. The Morgan fingerprint density at radius 1 is 1.56 bits per heavy atom. The second-order valence-corrected chi connectivity index (χ2v) is 1.77. The first kappa shape index (κ1) is 6.36. The zero-order valence-corrected chi connectivity index (χ0v) is 5.46. The second kappa shape index (κ2) is 3.30. The van der Waals surface area contributed by atoms with Crippen LogP contribution in [-0.4, -0.2) is 13.4 Å². The van der Waals surface area contributed by atoms with Gasteiger partial charge in [0.05, 0.1) is 0 Å². The molecule has 1 rings (SSSR count). The quantitative estimate of drug-likeness (QED) is 0.529. The van der Waals surface area contributed by atoms with Crippen molar-refractivity contribution in [3.63, 3.8) is 0 Å². The molecule has 0 spiro atoms. The average Bonchev–Trinajstić information content (AvgIpc) is 2.34. The van der Waals surface area contributed by atoms with Gasteiger partial charge < -0.3 is 9.47 Å². The van der Waals surface area contributed by atoms with Crippen molar-refractivity contribution < 1.29 is 9.47 Å². The Balaban J connectivity index is 2.39. The van der Waals surface area contributed by atoms with Crippen LogP contribution in [0.1, 0.15) is 6.92 Å². The summed E-state index contributed by atoms with van der Waals surface area (Å²) in [5.41, 5.74) is 0. The highest BCUT2D eigenvalue weighted by molar-refractivity contribution is 5.07. The van der Waals surface area contributed by atoms with Gasteiger partial charge in [0.2, 0.25) is 0 Å². The molecule has 1 aliphatic rings. The van der Waals surface area contributed by atoms with E-state index in [1.807, 2.05) is 25.2 Å². The number of ether oxygens (including phenoxy) is 2. The maximum Gasteiger partial charge on any atom is 0.189 e. The molecule has 0 aromatic heterocycles. The standard InChI is InChI=1S/C7H10O2/c1-2-3-4-7-5-8-6-9-7/h2-4H,5-6H2,1H3/b3-2-,7-4+. The van der Waals surface area contributed by atoms with Crippen LogP contribution in [0.2, 0.25) is 0 Å². The lowest BCUT2D eigenvalue weighted by Gasteiger charge is -1.88. The molecule has 0 N–H and O–H groups in total. The summed E-state index contributed by atoms with van der Waals surface area (Å²) in [6, 6.07) is 0. The highest BCUT2D eigenvalue weighted by atomic mass is 16.7. The molecule has 0 atom stereocenters. The minimum absolute atomic E-state index is 0.406. The van der Waals surface area contributed by atoms with Crippen LogP contribution in [0.15, 0.2) is 24.0 Å². The fourth-order valence-corrected chi connectivity index (χ4v) is 0.601. The van der Waals surface area contributed by atoms with Crippen molar-refractivity contribution in [3.8, 4) is 0 Å². The van der Waals surface area contributed by atoms with Gasteiger partial charge in [0.15, 0.2) is 6.79 Å². The smallest absolute Gasteiger partial charge is 0.189 e. The molecule has 0 aliphatic carbocycles. The zero-order chi connectivity index (χ0) is 6.53. The summed E-state index contributed by atoms with van der Waals surface area (Å²) in [4.78, 5) is 0. The Hall–Kier alpha value is -0.760. The van der Waals surface area contributed by atoms with Crippen molar-refractivity contribution in [2.24, 2.45) is 0 Å². The van der Waals surface area contributed by atoms with Gasteiger partial charge in [0.25, 0.3) is 0 Å². The molecule has 9 heavy (non-hydrogen) atoms. The maximum absolute atomic E-state index is 5.04. The summed E-state index contributed by atoms with van der Waals surface area (Å²) in [5.74, 6) is 0.910. The Labute approximate surface area is 54.8 Å². The van der Waals surface area contributed by atoms with Gasteiger partial charge in [-0.3, -0.25) is 0 Å². The summed E-state index contributed by atoms with van der Waals surface area (Å²) in [5, 5.41) is 0. The minimum Gasteiger partial charge on any atom is -0.469 e. The third kappa shape index (κ3) is 1.90. The molecule has 0 unspecified atom stereocenters. The average molecular weight is 126 g/mol. The Morgan fingerprint density at radius 2 is 2.44 bits per heavy atom. The van der Waals surface area contributed by atoms with Crippen molar-refractivity contribution in [2.75, 3.05) is 13.4 Å². The van der Waals surface area contributed by atoms with E-state index in [0.29, 0.717) is 13.4 Å². The molecule has 0 bridgehead atoms. The van der Waals surface area contributed by atoms with Crippen molar-refractivity contribution >= 4 is 0 Å². The molecule has 1 fully saturated rings. The fraction of sp³-hybridized carbons (Fsp3) is 0.429. The molecule has 0 saturated carbocycles. The van der Waals surface area contributed by atoms with Crippen LogP contribution < -0.4 is 0 Å². The molecule has 0 aromatic rings. The third-order valence-electron chi connectivity index (χ3n) is 1.05. The van der Waals surface area contributed by atoms with Crippen LogP contribution in [0.5, 0.6) is 0 Å². The summed E-state index contributed by atoms with van der Waals surface area (Å²) >= 11 is 0. The molecule has 50 valence electrons. The number of allylic oxidation sites excluding steroid dienone is 3. The van der Waals surface area contributed by atoms with E-state index in [2.05, 4.69) is 0 Å². The first-order chi connectivity index (χ1) is 4.43. The molecule has 0 radical (unpaired) electrons. The van der Waals surface area contributed by atoms with Crippen LogP contribution >= 0.6 is 0 Å². The van der Waals surface area contributed by atoms with E-state index in [1.165, 1.54) is 0 Å². The summed E-state index contributed by atoms with van der Waals surface area (Å²) in [6.07, 6.45) is 5.80. The van der Waals surface area contributed by atoms with Crippen molar-refractivity contribution in [1.82, 2.24) is 0 Å². The Morgan fingerprint density at radius 3 is 3.00 bits per heavy atom. The van der Waals surface area contributed by atoms with E-state index in [-0.39, 0.29) is 0 Å². The monoisotopic (exact) mass is 126 g/mol. The molecule has 2 heteroatoms. The van der Waals surface area contributed by atoms with Crippen LogP contribution in [0, 0.1) is 0 Å². The highest BCUT2D eigenvalue weighted by Gasteiger charge is 2.04. The van der Waals surface area contributed by atoms with Gasteiger partial charge in [0, 0.05) is 0 Å². The molecule has 1 saturated heterocycles. The first-order valence-corrected chi connectivity index (χ1v) is 2.96. The highest BCUT2D eigenvalue weighted by Crippen LogP contribution is 2.05. The predicted molar refractivity (Wildman–Crippen MR) is 34.8 cm³/mol. The summed E-state index contributed by atoms with van der Waals surface area (Å²) in [7, 11) is 0. The third-order valence-corrected chi connectivity index (χ3v) is 1.05. The van der Waals surface area contributed by atoms with E-state index >= 15 is 0 Å². The summed E-state index contributed by atoms with van der Waals surface area (Å²) in [6.45, 7) is 2.99. The Bertz CT molecular complexity index is 128. The van der Waals surface area contributed by atoms with Gasteiger partial charge in [-0.15, -0.1) is 0 Å². The van der Waals surface area contributed by atoms with E-state index in [1.54, 1.807) is 0 Å². The normalized spacial score (nSPS) is 23.4. The SMILES string of the molecule is C/C=C\C=C1/COCO1. The van der Waals surface area contributed by atoms with Crippen LogP contribution in [0.25, 0.3) is 0 Å². The predicted octanol–water partition coefficient (Wildman–Crippen LogP) is 1.45. The van der Waals surface area contributed by atoms with Crippen molar-refractivity contribution in [1.29, 1.82) is 0 Å². The first-order valence-electron chi connectivity index (χ1n) is 2.96. The van der Waals surface area contributed by atoms with Gasteiger partial charge in [-0.2, -0.15) is 0 Å². The molecule has 0 aromatic carbocycles. The molecular formula is C7H10O2. The van der Waals surface area contributed by atoms with E-state index < -0.39 is 0 Å². The van der Waals surface area contributed by atoms with Gasteiger partial charge in [0.1, 0.15) is 12.4 Å². The largest absolute Gasteiger partial charge is 0.469 e. The number of hydrogen-bond acceptors (Lipinski definition) is 2. The van der Waals surface area contributed by atoms with Crippen LogP contribution in [-0.2, 0) is 9.47 Å². The van der Waals surface area contributed by atoms with Gasteiger partial charge in [-0.25, -0.2) is 0 Å². The van der Waals surface area contributed by atoms with E-state index in [0.717, 1.165) is 5.76 Å². The van der Waals surface area contributed by atoms with Gasteiger partial charge >= 0.3 is 0 Å². The van der Waals surface area contributed by atoms with E-state index in [4.69, 9.17) is 9.47 Å². The zero-order valence-electron chi connectivity index (χ0n) is 5.46. The fourth-order valence-electron chi connectivity index (χ4n) is 0.601. The van der Waals surface area contributed by atoms with Gasteiger partial charge in [-0.1, -0.05) is 12.2 Å². The topological polar surface area (TPSA) is 18.5 Å². The summed E-state index contributed by atoms with van der Waals surface area (Å²) < 4.78 is 9.97. The van der Waals surface area contributed by atoms with E-state index in [9.17, 15) is 0 Å².